The molecule has 2 N–H and O–H groups in total. The molecule has 0 radical (unpaired) electrons. The van der Waals surface area contributed by atoms with Crippen LogP contribution in [0.2, 0.25) is 0 Å². The second kappa shape index (κ2) is 7.84. The van der Waals surface area contributed by atoms with Crippen molar-refractivity contribution in [2.24, 2.45) is 52.3 Å². The van der Waals surface area contributed by atoms with E-state index in [1.165, 1.54) is 32.2 Å². The first kappa shape index (κ1) is 22.4. The molecular formula is C28H47NO2. The fraction of sp³-hybridized carbons (Fsp3) is 0.929. The maximum atomic E-state index is 11.1. The number of fused-ring (bicyclic) bond motifs is 5. The van der Waals surface area contributed by atoms with Crippen molar-refractivity contribution in [2.75, 3.05) is 13.6 Å². The molecule has 176 valence electrons. The maximum Gasteiger partial charge on any atom is 0.0577 e. The number of allylic oxidation sites excluding steroid dienone is 2. The van der Waals surface area contributed by atoms with Crippen LogP contribution in [-0.4, -0.2) is 47.0 Å². The molecule has 31 heavy (non-hydrogen) atoms. The Balaban J connectivity index is 1.36. The van der Waals surface area contributed by atoms with Crippen molar-refractivity contribution in [1.29, 1.82) is 0 Å². The van der Waals surface area contributed by atoms with Gasteiger partial charge in [0.1, 0.15) is 0 Å². The van der Waals surface area contributed by atoms with Gasteiger partial charge in [0.25, 0.3) is 0 Å². The summed E-state index contributed by atoms with van der Waals surface area (Å²) in [5.74, 6) is 4.49. The summed E-state index contributed by atoms with van der Waals surface area (Å²) in [5.41, 5.74) is 0.577. The van der Waals surface area contributed by atoms with Crippen molar-refractivity contribution in [3.63, 3.8) is 0 Å². The van der Waals surface area contributed by atoms with Gasteiger partial charge in [0.2, 0.25) is 0 Å². The molecule has 4 aliphatic carbocycles. The molecule has 1 aliphatic heterocycles. The fourth-order valence-electron chi connectivity index (χ4n) is 9.60. The standard InChI is InChI=1S/C28H47NO2/c1-17-6-9-25(29(5)16-17)18(2)19-7-8-22-21-13-26(31)23-12-20(30)10-11-28(23,4)24(21)15-27(22,3)14-19/h7-8,17-26,30-31H,6,9-16H2,1-5H3. The number of hydrogen-bond donors (Lipinski definition) is 2. The first-order valence-corrected chi connectivity index (χ1v) is 13.4. The third kappa shape index (κ3) is 3.56. The van der Waals surface area contributed by atoms with Gasteiger partial charge in [0.05, 0.1) is 12.2 Å². The van der Waals surface area contributed by atoms with Gasteiger partial charge in [-0.1, -0.05) is 39.8 Å². The van der Waals surface area contributed by atoms with Crippen molar-refractivity contribution >= 4 is 0 Å². The normalized spacial score (nSPS) is 55.9. The van der Waals surface area contributed by atoms with E-state index in [2.05, 4.69) is 51.8 Å². The largest absolute Gasteiger partial charge is 0.393 e. The summed E-state index contributed by atoms with van der Waals surface area (Å²) in [5, 5.41) is 21.4. The highest BCUT2D eigenvalue weighted by atomic mass is 16.3. The molecule has 0 aromatic rings. The lowest BCUT2D eigenvalue weighted by Gasteiger charge is -2.55. The Morgan fingerprint density at radius 2 is 1.77 bits per heavy atom. The number of hydrogen-bond acceptors (Lipinski definition) is 3. The minimum Gasteiger partial charge on any atom is -0.393 e. The van der Waals surface area contributed by atoms with Crippen LogP contribution in [0.1, 0.15) is 79.1 Å². The molecule has 12 atom stereocenters. The van der Waals surface area contributed by atoms with E-state index in [1.54, 1.807) is 0 Å². The van der Waals surface area contributed by atoms with Crippen LogP contribution in [-0.2, 0) is 0 Å². The van der Waals surface area contributed by atoms with Crippen molar-refractivity contribution in [3.05, 3.63) is 12.2 Å². The van der Waals surface area contributed by atoms with Gasteiger partial charge in [-0.15, -0.1) is 0 Å². The van der Waals surface area contributed by atoms with Gasteiger partial charge in [0.15, 0.2) is 0 Å². The fourth-order valence-corrected chi connectivity index (χ4v) is 9.60. The molecule has 0 aromatic heterocycles. The molecule has 12 unspecified atom stereocenters. The Kier molecular flexibility index (Phi) is 5.67. The van der Waals surface area contributed by atoms with Crippen LogP contribution < -0.4 is 0 Å². The summed E-state index contributed by atoms with van der Waals surface area (Å²) >= 11 is 0. The van der Waals surface area contributed by atoms with Gasteiger partial charge in [-0.05, 0) is 111 Å². The highest BCUT2D eigenvalue weighted by molar-refractivity contribution is 5.19. The highest BCUT2D eigenvalue weighted by Crippen LogP contribution is 2.68. The number of aliphatic hydroxyl groups is 2. The predicted molar refractivity (Wildman–Crippen MR) is 126 cm³/mol. The molecule has 3 heteroatoms. The van der Waals surface area contributed by atoms with E-state index in [0.717, 1.165) is 37.6 Å². The molecule has 0 bridgehead atoms. The summed E-state index contributed by atoms with van der Waals surface area (Å²) in [7, 11) is 2.35. The molecule has 1 heterocycles. The van der Waals surface area contributed by atoms with Gasteiger partial charge in [-0.2, -0.15) is 0 Å². The lowest BCUT2D eigenvalue weighted by molar-refractivity contribution is -0.127. The van der Waals surface area contributed by atoms with E-state index in [4.69, 9.17) is 0 Å². The zero-order chi connectivity index (χ0) is 22.1. The van der Waals surface area contributed by atoms with Crippen molar-refractivity contribution in [1.82, 2.24) is 4.90 Å². The Morgan fingerprint density at radius 1 is 1.00 bits per heavy atom. The van der Waals surface area contributed by atoms with Crippen LogP contribution in [0.3, 0.4) is 0 Å². The molecule has 3 nitrogen and oxygen atoms in total. The van der Waals surface area contributed by atoms with Crippen LogP contribution >= 0.6 is 0 Å². The molecule has 0 spiro atoms. The SMILES string of the molecule is CC1CCC(C(C)C2C=CC3C4CC(O)C5CC(O)CCC5(C)C4CC3(C)C2)N(C)C1. The minimum absolute atomic E-state index is 0.205. The van der Waals surface area contributed by atoms with Crippen LogP contribution in [0.4, 0.5) is 0 Å². The quantitative estimate of drug-likeness (QED) is 0.599. The lowest BCUT2D eigenvalue weighted by Crippen LogP contribution is -2.53. The molecular weight excluding hydrogens is 382 g/mol. The van der Waals surface area contributed by atoms with Crippen molar-refractivity contribution < 1.29 is 10.2 Å². The van der Waals surface area contributed by atoms with E-state index >= 15 is 0 Å². The van der Waals surface area contributed by atoms with E-state index in [0.29, 0.717) is 35.0 Å². The molecule has 5 rings (SSSR count). The molecule has 1 saturated heterocycles. The van der Waals surface area contributed by atoms with E-state index in [1.807, 2.05) is 0 Å². The zero-order valence-electron chi connectivity index (χ0n) is 20.6. The summed E-state index contributed by atoms with van der Waals surface area (Å²) in [4.78, 5) is 2.64. The monoisotopic (exact) mass is 429 g/mol. The van der Waals surface area contributed by atoms with Gasteiger partial charge in [-0.3, -0.25) is 0 Å². The van der Waals surface area contributed by atoms with Crippen LogP contribution in [0, 0.1) is 52.3 Å². The molecule has 4 fully saturated rings. The zero-order valence-corrected chi connectivity index (χ0v) is 20.6. The van der Waals surface area contributed by atoms with Gasteiger partial charge in [-0.25, -0.2) is 0 Å². The third-order valence-corrected chi connectivity index (χ3v) is 11.4. The number of nitrogens with zero attached hydrogens (tertiary/aromatic N) is 1. The highest BCUT2D eigenvalue weighted by Gasteiger charge is 2.62. The molecule has 0 aromatic carbocycles. The maximum absolute atomic E-state index is 11.1. The van der Waals surface area contributed by atoms with Crippen LogP contribution in [0.5, 0.6) is 0 Å². The van der Waals surface area contributed by atoms with E-state index in [-0.39, 0.29) is 23.5 Å². The smallest absolute Gasteiger partial charge is 0.0577 e. The number of rotatable bonds is 2. The Bertz CT molecular complexity index is 707. The predicted octanol–water partition coefficient (Wildman–Crippen LogP) is 5.12. The van der Waals surface area contributed by atoms with Gasteiger partial charge >= 0.3 is 0 Å². The van der Waals surface area contributed by atoms with E-state index < -0.39 is 0 Å². The van der Waals surface area contributed by atoms with Gasteiger partial charge < -0.3 is 15.1 Å². The van der Waals surface area contributed by atoms with Gasteiger partial charge in [0, 0.05) is 12.6 Å². The summed E-state index contributed by atoms with van der Waals surface area (Å²) < 4.78 is 0. The first-order valence-electron chi connectivity index (χ1n) is 13.4. The average molecular weight is 430 g/mol. The van der Waals surface area contributed by atoms with Crippen molar-refractivity contribution in [3.8, 4) is 0 Å². The van der Waals surface area contributed by atoms with Crippen LogP contribution in [0.25, 0.3) is 0 Å². The second-order valence-corrected chi connectivity index (χ2v) is 13.3. The molecule has 5 aliphatic rings. The average Bonchev–Trinajstić information content (AvgIpc) is 3.01. The number of aliphatic hydroxyl groups excluding tert-OH is 2. The van der Waals surface area contributed by atoms with Crippen molar-refractivity contribution in [2.45, 2.75) is 97.3 Å². The van der Waals surface area contributed by atoms with Crippen LogP contribution in [0.15, 0.2) is 12.2 Å². The Hall–Kier alpha value is -0.380. The Labute approximate surface area is 190 Å². The summed E-state index contributed by atoms with van der Waals surface area (Å²) in [6.45, 7) is 11.2. The lowest BCUT2D eigenvalue weighted by atomic mass is 9.51. The molecule has 3 saturated carbocycles. The first-order chi connectivity index (χ1) is 14.6. The minimum atomic E-state index is -0.230. The third-order valence-electron chi connectivity index (χ3n) is 11.4. The number of piperidine rings is 1. The topological polar surface area (TPSA) is 43.7 Å². The molecule has 0 amide bonds. The number of likely N-dealkylation sites (tertiary alicyclic amines) is 1. The summed E-state index contributed by atoms with van der Waals surface area (Å²) in [6, 6.07) is 0.721. The summed E-state index contributed by atoms with van der Waals surface area (Å²) in [6.07, 6.45) is 13.9. The van der Waals surface area contributed by atoms with E-state index in [9.17, 15) is 10.2 Å². The second-order valence-electron chi connectivity index (χ2n) is 13.3. The Morgan fingerprint density at radius 3 is 2.52 bits per heavy atom.